The molecule has 30 heavy (non-hydrogen) atoms. The minimum atomic E-state index is -0.332. The van der Waals surface area contributed by atoms with E-state index in [1.165, 1.54) is 31.2 Å². The van der Waals surface area contributed by atoms with Gasteiger partial charge >= 0.3 is 6.09 Å². The lowest BCUT2D eigenvalue weighted by atomic mass is 9.56. The summed E-state index contributed by atoms with van der Waals surface area (Å²) < 4.78 is 4.83. The molecule has 0 N–H and O–H groups in total. The van der Waals surface area contributed by atoms with Gasteiger partial charge in [0.25, 0.3) is 0 Å². The number of amides is 2. The Kier molecular flexibility index (Phi) is 5.31. The summed E-state index contributed by atoms with van der Waals surface area (Å²) in [4.78, 5) is 33.3. The number of aryl methyl sites for hydroxylation is 2. The average molecular weight is 414 g/mol. The maximum absolute atomic E-state index is 13.0. The normalized spacial score (nSPS) is 27.9. The molecular weight excluding hydrogens is 378 g/mol. The van der Waals surface area contributed by atoms with E-state index < -0.39 is 0 Å². The van der Waals surface area contributed by atoms with Crippen molar-refractivity contribution >= 4 is 12.0 Å². The maximum atomic E-state index is 13.0. The minimum absolute atomic E-state index is 0.0324. The first-order valence-corrected chi connectivity index (χ1v) is 11.2. The Bertz CT molecular complexity index is 830. The standard InChI is InChI=1S/C24H35N3O3/c1-16-6-7-20(25-17(16)2)18-14-24(15-18)8-10-27(11-9-24)21(28)19-12-23(3,13-19)26(4)22(29)30-5/h6-7,18-19H,8-15H2,1-5H3/t19-,23+. The molecule has 6 heteroatoms. The second-order valence-electron chi connectivity index (χ2n) is 10.2. The SMILES string of the molecule is COC(=O)N(C)[C@]1(C)C[C@H](C(=O)N2CCC3(CC2)CC(c2ccc(C)c(C)n2)C3)C1. The first kappa shape index (κ1) is 21.1. The number of carbonyl (C=O) groups is 2. The Labute approximate surface area is 180 Å². The number of piperidine rings is 1. The third-order valence-corrected chi connectivity index (χ3v) is 8.26. The van der Waals surface area contributed by atoms with Gasteiger partial charge in [-0.2, -0.15) is 0 Å². The average Bonchev–Trinajstić information content (AvgIpc) is 2.70. The molecule has 0 unspecified atom stereocenters. The van der Waals surface area contributed by atoms with Gasteiger partial charge in [0.1, 0.15) is 0 Å². The fraction of sp³-hybridized carbons (Fsp3) is 0.708. The van der Waals surface area contributed by atoms with Crippen molar-refractivity contribution in [3.8, 4) is 0 Å². The molecule has 1 aromatic heterocycles. The van der Waals surface area contributed by atoms with Crippen molar-refractivity contribution in [2.75, 3.05) is 27.2 Å². The van der Waals surface area contributed by atoms with Crippen LogP contribution in [-0.4, -0.2) is 59.6 Å². The van der Waals surface area contributed by atoms with E-state index in [-0.39, 0.29) is 23.5 Å². The lowest BCUT2D eigenvalue weighted by molar-refractivity contribution is -0.147. The van der Waals surface area contributed by atoms with E-state index in [0.717, 1.165) is 44.5 Å². The molecule has 2 amide bonds. The number of hydrogen-bond acceptors (Lipinski definition) is 4. The number of rotatable bonds is 3. The number of pyridine rings is 1. The Morgan fingerprint density at radius 3 is 2.33 bits per heavy atom. The highest BCUT2D eigenvalue weighted by atomic mass is 16.5. The van der Waals surface area contributed by atoms with Crippen molar-refractivity contribution < 1.29 is 14.3 Å². The van der Waals surface area contributed by atoms with Crippen LogP contribution in [0.4, 0.5) is 4.79 Å². The number of likely N-dealkylation sites (tertiary alicyclic amines) is 1. The van der Waals surface area contributed by atoms with Gasteiger partial charge in [0.15, 0.2) is 0 Å². The molecule has 2 heterocycles. The van der Waals surface area contributed by atoms with Gasteiger partial charge in [-0.05, 0) is 76.3 Å². The van der Waals surface area contributed by atoms with Crippen LogP contribution < -0.4 is 0 Å². The molecule has 3 aliphatic rings. The van der Waals surface area contributed by atoms with Crippen LogP contribution in [0.3, 0.4) is 0 Å². The van der Waals surface area contributed by atoms with Crippen molar-refractivity contribution in [1.82, 2.24) is 14.8 Å². The molecule has 1 aromatic rings. The summed E-state index contributed by atoms with van der Waals surface area (Å²) in [5, 5.41) is 0. The molecule has 1 aliphatic heterocycles. The van der Waals surface area contributed by atoms with Gasteiger partial charge in [-0.1, -0.05) is 6.07 Å². The third-order valence-electron chi connectivity index (χ3n) is 8.26. The molecule has 2 aliphatic carbocycles. The number of carbonyl (C=O) groups excluding carboxylic acids is 2. The second kappa shape index (κ2) is 7.54. The highest BCUT2D eigenvalue weighted by Crippen LogP contribution is 2.56. The topological polar surface area (TPSA) is 62.7 Å². The molecule has 4 rings (SSSR count). The predicted octanol–water partition coefficient (Wildman–Crippen LogP) is 4.05. The van der Waals surface area contributed by atoms with Gasteiger partial charge < -0.3 is 14.5 Å². The summed E-state index contributed by atoms with van der Waals surface area (Å²) in [6, 6.07) is 4.38. The van der Waals surface area contributed by atoms with Gasteiger partial charge in [0.05, 0.1) is 7.11 Å². The molecule has 1 spiro atoms. The van der Waals surface area contributed by atoms with Gasteiger partial charge in [-0.3, -0.25) is 9.78 Å². The molecule has 0 atom stereocenters. The van der Waals surface area contributed by atoms with Crippen molar-refractivity contribution in [2.45, 2.75) is 70.8 Å². The zero-order chi connectivity index (χ0) is 21.7. The molecule has 0 aromatic carbocycles. The van der Waals surface area contributed by atoms with Crippen molar-refractivity contribution in [2.24, 2.45) is 11.3 Å². The van der Waals surface area contributed by atoms with E-state index in [9.17, 15) is 9.59 Å². The Morgan fingerprint density at radius 1 is 1.13 bits per heavy atom. The molecule has 1 saturated heterocycles. The summed E-state index contributed by atoms with van der Waals surface area (Å²) in [6.07, 6.45) is 5.73. The summed E-state index contributed by atoms with van der Waals surface area (Å²) in [5.74, 6) is 0.880. The highest BCUT2D eigenvalue weighted by Gasteiger charge is 2.51. The van der Waals surface area contributed by atoms with Crippen molar-refractivity contribution in [1.29, 1.82) is 0 Å². The fourth-order valence-electron chi connectivity index (χ4n) is 5.75. The highest BCUT2D eigenvalue weighted by molar-refractivity contribution is 5.81. The molecular formula is C24H35N3O3. The van der Waals surface area contributed by atoms with E-state index in [2.05, 4.69) is 30.9 Å². The third kappa shape index (κ3) is 3.58. The van der Waals surface area contributed by atoms with E-state index >= 15 is 0 Å². The first-order valence-electron chi connectivity index (χ1n) is 11.2. The van der Waals surface area contributed by atoms with Crippen LogP contribution in [0.1, 0.15) is 68.3 Å². The van der Waals surface area contributed by atoms with Crippen LogP contribution in [-0.2, 0) is 9.53 Å². The summed E-state index contributed by atoms with van der Waals surface area (Å²) in [6.45, 7) is 7.97. The Hall–Kier alpha value is -2.11. The number of aromatic nitrogens is 1. The lowest BCUT2D eigenvalue weighted by Gasteiger charge is -2.54. The Morgan fingerprint density at radius 2 is 1.77 bits per heavy atom. The van der Waals surface area contributed by atoms with Crippen LogP contribution in [0.5, 0.6) is 0 Å². The summed E-state index contributed by atoms with van der Waals surface area (Å²) in [7, 11) is 3.16. The predicted molar refractivity (Wildman–Crippen MR) is 115 cm³/mol. The van der Waals surface area contributed by atoms with E-state index in [1.807, 2.05) is 6.92 Å². The second-order valence-corrected chi connectivity index (χ2v) is 10.2. The molecule has 0 radical (unpaired) electrons. The number of methoxy groups -OCH3 is 1. The lowest BCUT2D eigenvalue weighted by Crippen LogP contribution is -2.60. The molecule has 164 valence electrons. The summed E-state index contributed by atoms with van der Waals surface area (Å²) >= 11 is 0. The zero-order valence-corrected chi connectivity index (χ0v) is 19.0. The smallest absolute Gasteiger partial charge is 0.409 e. The maximum Gasteiger partial charge on any atom is 0.409 e. The van der Waals surface area contributed by atoms with Gasteiger partial charge in [-0.25, -0.2) is 4.79 Å². The summed E-state index contributed by atoms with van der Waals surface area (Å²) in [5.41, 5.74) is 3.76. The molecule has 6 nitrogen and oxygen atoms in total. The quantitative estimate of drug-likeness (QED) is 0.750. The van der Waals surface area contributed by atoms with E-state index in [4.69, 9.17) is 9.72 Å². The first-order chi connectivity index (χ1) is 14.2. The minimum Gasteiger partial charge on any atom is -0.453 e. The van der Waals surface area contributed by atoms with Crippen LogP contribution in [0.25, 0.3) is 0 Å². The fourth-order valence-corrected chi connectivity index (χ4v) is 5.75. The monoisotopic (exact) mass is 413 g/mol. The van der Waals surface area contributed by atoms with Gasteiger partial charge in [-0.15, -0.1) is 0 Å². The molecule has 0 bridgehead atoms. The Balaban J connectivity index is 1.26. The van der Waals surface area contributed by atoms with Crippen LogP contribution in [0.15, 0.2) is 12.1 Å². The van der Waals surface area contributed by atoms with Gasteiger partial charge in [0.2, 0.25) is 5.91 Å². The number of nitrogens with zero attached hydrogens (tertiary/aromatic N) is 3. The van der Waals surface area contributed by atoms with Crippen LogP contribution in [0.2, 0.25) is 0 Å². The van der Waals surface area contributed by atoms with Crippen LogP contribution in [0, 0.1) is 25.2 Å². The van der Waals surface area contributed by atoms with E-state index in [1.54, 1.807) is 11.9 Å². The van der Waals surface area contributed by atoms with E-state index in [0.29, 0.717) is 11.3 Å². The largest absolute Gasteiger partial charge is 0.453 e. The van der Waals surface area contributed by atoms with Gasteiger partial charge in [0, 0.05) is 48.9 Å². The van der Waals surface area contributed by atoms with Crippen molar-refractivity contribution in [3.05, 3.63) is 29.1 Å². The molecule has 2 saturated carbocycles. The van der Waals surface area contributed by atoms with Crippen LogP contribution >= 0.6 is 0 Å². The number of hydrogen-bond donors (Lipinski definition) is 0. The zero-order valence-electron chi connectivity index (χ0n) is 19.0. The van der Waals surface area contributed by atoms with Crippen molar-refractivity contribution in [3.63, 3.8) is 0 Å². The molecule has 3 fully saturated rings. The number of ether oxygens (including phenoxy) is 1.